The lowest BCUT2D eigenvalue weighted by Crippen LogP contribution is -2.28. The van der Waals surface area contributed by atoms with E-state index in [0.717, 1.165) is 17.5 Å². The Morgan fingerprint density at radius 2 is 1.89 bits per heavy atom. The highest BCUT2D eigenvalue weighted by atomic mass is 35.5. The van der Waals surface area contributed by atoms with Crippen molar-refractivity contribution in [3.8, 4) is 5.69 Å². The van der Waals surface area contributed by atoms with Crippen molar-refractivity contribution in [3.63, 3.8) is 0 Å². The minimum absolute atomic E-state index is 0.166. The molecule has 7 heteroatoms. The highest BCUT2D eigenvalue weighted by Crippen LogP contribution is 2.28. The number of halogens is 2. The van der Waals surface area contributed by atoms with E-state index in [1.807, 2.05) is 37.3 Å². The zero-order chi connectivity index (χ0) is 19.0. The Morgan fingerprint density at radius 1 is 1.07 bits per heavy atom. The maximum atomic E-state index is 13.1. The molecule has 0 unspecified atom stereocenters. The molecule has 0 radical (unpaired) electrons. The number of aryl methyl sites for hydroxylation is 1. The van der Waals surface area contributed by atoms with E-state index in [4.69, 9.17) is 28.2 Å². The third-order valence-electron chi connectivity index (χ3n) is 4.44. The Morgan fingerprint density at radius 3 is 2.67 bits per heavy atom. The molecular weight excluding hydrogens is 383 g/mol. The second-order valence-corrected chi connectivity index (χ2v) is 7.10. The number of hydrogen-bond acceptors (Lipinski definition) is 4. The number of nitrogens with zero attached hydrogens (tertiary/aromatic N) is 4. The van der Waals surface area contributed by atoms with Gasteiger partial charge >= 0.3 is 0 Å². The molecule has 0 saturated heterocycles. The first-order chi connectivity index (χ1) is 13.1. The number of benzene rings is 2. The lowest BCUT2D eigenvalue weighted by atomic mass is 10.0. The molecular formula is C20H16Cl2N4O. The van der Waals surface area contributed by atoms with E-state index in [-0.39, 0.29) is 12.1 Å². The van der Waals surface area contributed by atoms with Crippen LogP contribution in [0.5, 0.6) is 0 Å². The monoisotopic (exact) mass is 398 g/mol. The van der Waals surface area contributed by atoms with E-state index in [9.17, 15) is 4.79 Å². The van der Waals surface area contributed by atoms with Crippen LogP contribution >= 0.6 is 23.2 Å². The molecule has 0 bridgehead atoms. The standard InChI is InChI=1S/C20H16Cl2N4O/c1-2-5-16-20(27)26-17-9-8-12(21)10-14(17)19(23-11-18(26)25-24-16)13-6-3-4-7-15(13)22/h3-4,6-10H,2,5,11H2,1H3. The van der Waals surface area contributed by atoms with Gasteiger partial charge in [-0.15, -0.1) is 10.2 Å². The average Bonchev–Trinajstić information content (AvgIpc) is 2.82. The van der Waals surface area contributed by atoms with Crippen LogP contribution in [0.1, 0.15) is 36.0 Å². The van der Waals surface area contributed by atoms with Gasteiger partial charge in [0.25, 0.3) is 5.56 Å². The molecule has 0 fully saturated rings. The van der Waals surface area contributed by atoms with Crippen molar-refractivity contribution in [3.05, 3.63) is 85.5 Å². The first kappa shape index (κ1) is 17.9. The van der Waals surface area contributed by atoms with Crippen LogP contribution < -0.4 is 5.56 Å². The summed E-state index contributed by atoms with van der Waals surface area (Å²) in [5.41, 5.74) is 3.17. The van der Waals surface area contributed by atoms with Gasteiger partial charge < -0.3 is 0 Å². The number of hydrogen-bond donors (Lipinski definition) is 0. The summed E-state index contributed by atoms with van der Waals surface area (Å²) in [6, 6.07) is 12.9. The first-order valence-electron chi connectivity index (χ1n) is 8.67. The molecule has 0 N–H and O–H groups in total. The molecule has 2 heterocycles. The zero-order valence-corrected chi connectivity index (χ0v) is 16.1. The van der Waals surface area contributed by atoms with Crippen molar-refractivity contribution in [2.45, 2.75) is 26.3 Å². The SMILES string of the molecule is CCCc1nnc2n(c1=O)-c1ccc(Cl)cc1C(c1ccccc1Cl)=NC2. The van der Waals surface area contributed by atoms with Crippen molar-refractivity contribution in [2.75, 3.05) is 0 Å². The summed E-state index contributed by atoms with van der Waals surface area (Å²) in [6.07, 6.45) is 1.39. The molecule has 5 nitrogen and oxygen atoms in total. The number of fused-ring (bicyclic) bond motifs is 3. The minimum Gasteiger partial charge on any atom is -0.276 e. The normalized spacial score (nSPS) is 12.8. The Bertz CT molecular complexity index is 1120. The smallest absolute Gasteiger partial charge is 0.276 e. The van der Waals surface area contributed by atoms with E-state index < -0.39 is 0 Å². The van der Waals surface area contributed by atoms with Crippen molar-refractivity contribution < 1.29 is 0 Å². The molecule has 136 valence electrons. The highest BCUT2D eigenvalue weighted by molar-refractivity contribution is 6.36. The number of rotatable bonds is 3. The topological polar surface area (TPSA) is 60.1 Å². The van der Waals surface area contributed by atoms with Crippen molar-refractivity contribution in [2.24, 2.45) is 4.99 Å². The van der Waals surface area contributed by atoms with Gasteiger partial charge in [-0.3, -0.25) is 14.4 Å². The van der Waals surface area contributed by atoms with Crippen LogP contribution in [-0.2, 0) is 13.0 Å². The number of aliphatic imine (C=N–C) groups is 1. The molecule has 0 amide bonds. The van der Waals surface area contributed by atoms with Gasteiger partial charge in [-0.25, -0.2) is 0 Å². The van der Waals surface area contributed by atoms with Crippen LogP contribution in [-0.4, -0.2) is 20.5 Å². The van der Waals surface area contributed by atoms with Gasteiger partial charge in [0, 0.05) is 21.2 Å². The van der Waals surface area contributed by atoms with E-state index in [2.05, 4.69) is 10.2 Å². The van der Waals surface area contributed by atoms with E-state index >= 15 is 0 Å². The lowest BCUT2D eigenvalue weighted by Gasteiger charge is -2.14. The summed E-state index contributed by atoms with van der Waals surface area (Å²) in [5, 5.41) is 9.53. The largest absolute Gasteiger partial charge is 0.280 e. The summed E-state index contributed by atoms with van der Waals surface area (Å²) >= 11 is 12.7. The Hall–Kier alpha value is -2.50. The van der Waals surface area contributed by atoms with Crippen LogP contribution in [0.4, 0.5) is 0 Å². The van der Waals surface area contributed by atoms with Crippen LogP contribution in [0.3, 0.4) is 0 Å². The molecule has 0 aliphatic carbocycles. The molecule has 0 atom stereocenters. The second-order valence-electron chi connectivity index (χ2n) is 6.26. The third kappa shape index (κ3) is 3.17. The predicted octanol–water partition coefficient (Wildman–Crippen LogP) is 4.24. The van der Waals surface area contributed by atoms with Gasteiger partial charge in [0.05, 0.1) is 11.4 Å². The van der Waals surface area contributed by atoms with Crippen molar-refractivity contribution >= 4 is 28.9 Å². The summed E-state index contributed by atoms with van der Waals surface area (Å²) in [4.78, 5) is 17.8. The molecule has 2 aromatic carbocycles. The molecule has 27 heavy (non-hydrogen) atoms. The summed E-state index contributed by atoms with van der Waals surface area (Å²) in [7, 11) is 0. The molecule has 1 aliphatic rings. The fourth-order valence-corrected chi connectivity index (χ4v) is 3.61. The van der Waals surface area contributed by atoms with Gasteiger partial charge in [0.15, 0.2) is 5.82 Å². The summed E-state index contributed by atoms with van der Waals surface area (Å²) < 4.78 is 1.59. The van der Waals surface area contributed by atoms with Crippen molar-refractivity contribution in [1.29, 1.82) is 0 Å². The molecule has 0 spiro atoms. The predicted molar refractivity (Wildman–Crippen MR) is 107 cm³/mol. The van der Waals surface area contributed by atoms with Crippen molar-refractivity contribution in [1.82, 2.24) is 14.8 Å². The Kier molecular flexibility index (Phi) is 4.81. The van der Waals surface area contributed by atoms with E-state index in [0.29, 0.717) is 39.4 Å². The van der Waals surface area contributed by atoms with Gasteiger partial charge in [-0.2, -0.15) is 0 Å². The van der Waals surface area contributed by atoms with Gasteiger partial charge in [-0.05, 0) is 30.7 Å². The van der Waals surface area contributed by atoms with Crippen LogP contribution in [0.2, 0.25) is 10.0 Å². The maximum Gasteiger partial charge on any atom is 0.280 e. The Labute approximate surface area is 166 Å². The fraction of sp³-hybridized carbons (Fsp3) is 0.200. The van der Waals surface area contributed by atoms with Gasteiger partial charge in [0.1, 0.15) is 12.2 Å². The summed E-state index contributed by atoms with van der Waals surface area (Å²) in [5.74, 6) is 0.491. The average molecular weight is 399 g/mol. The lowest BCUT2D eigenvalue weighted by molar-refractivity contribution is 0.701. The molecule has 4 rings (SSSR count). The van der Waals surface area contributed by atoms with Crippen LogP contribution in [0, 0.1) is 0 Å². The third-order valence-corrected chi connectivity index (χ3v) is 5.01. The molecule has 1 aromatic heterocycles. The zero-order valence-electron chi connectivity index (χ0n) is 14.6. The minimum atomic E-state index is -0.166. The van der Waals surface area contributed by atoms with E-state index in [1.165, 1.54) is 0 Å². The van der Waals surface area contributed by atoms with Gasteiger partial charge in [0.2, 0.25) is 0 Å². The van der Waals surface area contributed by atoms with E-state index in [1.54, 1.807) is 16.7 Å². The second kappa shape index (κ2) is 7.25. The fourth-order valence-electron chi connectivity index (χ4n) is 3.21. The quantitative estimate of drug-likeness (QED) is 0.662. The molecule has 3 aromatic rings. The first-order valence-corrected chi connectivity index (χ1v) is 9.43. The van der Waals surface area contributed by atoms with Gasteiger partial charge in [-0.1, -0.05) is 54.7 Å². The maximum absolute atomic E-state index is 13.1. The highest BCUT2D eigenvalue weighted by Gasteiger charge is 2.23. The molecule has 0 saturated carbocycles. The van der Waals surface area contributed by atoms with Crippen LogP contribution in [0.15, 0.2) is 52.3 Å². The van der Waals surface area contributed by atoms with Crippen LogP contribution in [0.25, 0.3) is 5.69 Å². The number of aromatic nitrogens is 3. The summed E-state index contributed by atoms with van der Waals surface area (Å²) in [6.45, 7) is 2.23. The molecule has 1 aliphatic heterocycles. The Balaban J connectivity index is 2.02.